The molecule has 0 fully saturated rings. The third-order valence-corrected chi connectivity index (χ3v) is 2.75. The molecule has 0 aliphatic carbocycles. The molecule has 7 heteroatoms. The molecule has 1 N–H and O–H groups in total. The molecule has 0 unspecified atom stereocenters. The molecule has 0 atom stereocenters. The highest BCUT2D eigenvalue weighted by molar-refractivity contribution is 9.10. The van der Waals surface area contributed by atoms with Gasteiger partial charge in [0.05, 0.1) is 11.1 Å². The van der Waals surface area contributed by atoms with Crippen LogP contribution in [-0.2, 0) is 9.53 Å². The molecule has 0 saturated heterocycles. The number of benzene rings is 1. The van der Waals surface area contributed by atoms with E-state index >= 15 is 0 Å². The minimum absolute atomic E-state index is 0.0405. The quantitative estimate of drug-likeness (QED) is 0.809. The fourth-order valence-electron chi connectivity index (χ4n) is 1.15. The van der Waals surface area contributed by atoms with Crippen LogP contribution in [0.3, 0.4) is 0 Å². The van der Waals surface area contributed by atoms with Crippen LogP contribution in [0.5, 0.6) is 5.75 Å². The summed E-state index contributed by atoms with van der Waals surface area (Å²) in [6.07, 6.45) is 0. The predicted molar refractivity (Wildman–Crippen MR) is 69.5 cm³/mol. The summed E-state index contributed by atoms with van der Waals surface area (Å²) in [7, 11) is 1.53. The molecule has 0 saturated carbocycles. The molecule has 18 heavy (non-hydrogen) atoms. The summed E-state index contributed by atoms with van der Waals surface area (Å²) >= 11 is 8.76. The van der Waals surface area contributed by atoms with Crippen molar-refractivity contribution in [2.45, 2.75) is 0 Å². The van der Waals surface area contributed by atoms with Crippen LogP contribution in [-0.4, -0.2) is 32.8 Å². The first-order valence-electron chi connectivity index (χ1n) is 5.07. The molecule has 0 aromatic heterocycles. The fourth-order valence-corrected chi connectivity index (χ4v) is 2.04. The van der Waals surface area contributed by atoms with Crippen LogP contribution in [0.15, 0.2) is 16.6 Å². The van der Waals surface area contributed by atoms with Gasteiger partial charge in [0.2, 0.25) is 0 Å². The zero-order valence-corrected chi connectivity index (χ0v) is 12.0. The van der Waals surface area contributed by atoms with Gasteiger partial charge < -0.3 is 14.8 Å². The van der Waals surface area contributed by atoms with Gasteiger partial charge in [-0.05, 0) is 28.1 Å². The Morgan fingerprint density at radius 1 is 1.56 bits per heavy atom. The van der Waals surface area contributed by atoms with E-state index in [1.54, 1.807) is 0 Å². The number of nitrogens with one attached hydrogen (secondary N) is 1. The Bertz CT molecular complexity index is 408. The first kappa shape index (κ1) is 15.2. The maximum absolute atomic E-state index is 13.5. The summed E-state index contributed by atoms with van der Waals surface area (Å²) in [6, 6.07) is 2.60. The lowest BCUT2D eigenvalue weighted by atomic mass is 10.3. The Morgan fingerprint density at radius 3 is 2.89 bits per heavy atom. The number of rotatable bonds is 6. The van der Waals surface area contributed by atoms with E-state index in [1.807, 2.05) is 0 Å². The normalized spacial score (nSPS) is 10.2. The molecule has 1 rings (SSSR count). The number of methoxy groups -OCH3 is 1. The van der Waals surface area contributed by atoms with E-state index in [0.29, 0.717) is 17.6 Å². The Labute approximate surface area is 118 Å². The van der Waals surface area contributed by atoms with Crippen LogP contribution >= 0.6 is 27.5 Å². The van der Waals surface area contributed by atoms with Gasteiger partial charge in [-0.2, -0.15) is 0 Å². The maximum atomic E-state index is 13.5. The highest BCUT2D eigenvalue weighted by atomic mass is 79.9. The summed E-state index contributed by atoms with van der Waals surface area (Å²) in [5.41, 5.74) is 0. The molecule has 100 valence electrons. The van der Waals surface area contributed by atoms with Crippen LogP contribution < -0.4 is 10.1 Å². The van der Waals surface area contributed by atoms with E-state index in [4.69, 9.17) is 21.1 Å². The van der Waals surface area contributed by atoms with Crippen molar-refractivity contribution in [3.63, 3.8) is 0 Å². The highest BCUT2D eigenvalue weighted by Gasteiger charge is 2.12. The standard InChI is InChI=1S/C11H12BrClFNO3/c1-17-3-2-15-10(16)6-18-11-8(12)4-7(13)5-9(11)14/h4-5H,2-3,6H2,1H3,(H,15,16). The smallest absolute Gasteiger partial charge is 0.258 e. The first-order chi connectivity index (χ1) is 8.54. The van der Waals surface area contributed by atoms with Gasteiger partial charge in [-0.3, -0.25) is 4.79 Å². The number of amides is 1. The monoisotopic (exact) mass is 339 g/mol. The predicted octanol–water partition coefficient (Wildman–Crippen LogP) is 2.38. The molecule has 0 radical (unpaired) electrons. The van der Waals surface area contributed by atoms with Crippen LogP contribution in [0, 0.1) is 5.82 Å². The maximum Gasteiger partial charge on any atom is 0.258 e. The van der Waals surface area contributed by atoms with Gasteiger partial charge in [-0.1, -0.05) is 11.6 Å². The lowest BCUT2D eigenvalue weighted by molar-refractivity contribution is -0.123. The van der Waals surface area contributed by atoms with Gasteiger partial charge in [-0.15, -0.1) is 0 Å². The third-order valence-electron chi connectivity index (χ3n) is 1.94. The van der Waals surface area contributed by atoms with E-state index in [0.717, 1.165) is 6.07 Å². The first-order valence-corrected chi connectivity index (χ1v) is 6.24. The van der Waals surface area contributed by atoms with Crippen LogP contribution in [0.1, 0.15) is 0 Å². The number of halogens is 3. The Morgan fingerprint density at radius 2 is 2.28 bits per heavy atom. The van der Waals surface area contributed by atoms with Gasteiger partial charge in [-0.25, -0.2) is 4.39 Å². The van der Waals surface area contributed by atoms with E-state index < -0.39 is 5.82 Å². The minimum Gasteiger partial charge on any atom is -0.480 e. The summed E-state index contributed by atoms with van der Waals surface area (Å²) < 4.78 is 23.7. The van der Waals surface area contributed by atoms with Gasteiger partial charge in [0.1, 0.15) is 0 Å². The number of hydrogen-bond acceptors (Lipinski definition) is 3. The average Bonchev–Trinajstić information content (AvgIpc) is 2.27. The minimum atomic E-state index is -0.626. The van der Waals surface area contributed by atoms with E-state index in [2.05, 4.69) is 21.2 Å². The van der Waals surface area contributed by atoms with Crippen LogP contribution in [0.4, 0.5) is 4.39 Å². The molecule has 0 heterocycles. The summed E-state index contributed by atoms with van der Waals surface area (Å²) in [5.74, 6) is -1.02. The fraction of sp³-hybridized carbons (Fsp3) is 0.364. The molecule has 1 aromatic rings. The van der Waals surface area contributed by atoms with Crippen molar-refractivity contribution in [1.29, 1.82) is 0 Å². The van der Waals surface area contributed by atoms with E-state index in [-0.39, 0.29) is 23.3 Å². The van der Waals surface area contributed by atoms with Crippen molar-refractivity contribution in [3.8, 4) is 5.75 Å². The van der Waals surface area contributed by atoms with Crippen molar-refractivity contribution in [1.82, 2.24) is 5.32 Å². The second-order valence-electron chi connectivity index (χ2n) is 3.33. The topological polar surface area (TPSA) is 47.6 Å². The van der Waals surface area contributed by atoms with Crippen molar-refractivity contribution in [3.05, 3.63) is 27.4 Å². The molecule has 0 aliphatic rings. The molecular weight excluding hydrogens is 328 g/mol. The Balaban J connectivity index is 2.51. The molecule has 0 spiro atoms. The lowest BCUT2D eigenvalue weighted by Gasteiger charge is -2.09. The largest absolute Gasteiger partial charge is 0.480 e. The average molecular weight is 341 g/mol. The van der Waals surface area contributed by atoms with Gasteiger partial charge in [0.25, 0.3) is 5.91 Å². The zero-order chi connectivity index (χ0) is 13.5. The van der Waals surface area contributed by atoms with Crippen molar-refractivity contribution < 1.29 is 18.7 Å². The van der Waals surface area contributed by atoms with Gasteiger partial charge in [0.15, 0.2) is 18.2 Å². The number of carbonyl (C=O) groups excluding carboxylic acids is 1. The van der Waals surface area contributed by atoms with Crippen molar-refractivity contribution in [2.75, 3.05) is 26.9 Å². The van der Waals surface area contributed by atoms with Crippen LogP contribution in [0.2, 0.25) is 5.02 Å². The van der Waals surface area contributed by atoms with Crippen molar-refractivity contribution >= 4 is 33.4 Å². The number of hydrogen-bond donors (Lipinski definition) is 1. The van der Waals surface area contributed by atoms with Crippen LogP contribution in [0.25, 0.3) is 0 Å². The summed E-state index contributed by atoms with van der Waals surface area (Å²) in [5, 5.41) is 2.80. The molecular formula is C11H12BrClFNO3. The Hall–Kier alpha value is -0.850. The zero-order valence-electron chi connectivity index (χ0n) is 9.63. The molecule has 1 amide bonds. The van der Waals surface area contributed by atoms with Gasteiger partial charge in [0, 0.05) is 18.7 Å². The van der Waals surface area contributed by atoms with Gasteiger partial charge >= 0.3 is 0 Å². The molecule has 4 nitrogen and oxygen atoms in total. The summed E-state index contributed by atoms with van der Waals surface area (Å²) in [6.45, 7) is 0.509. The second-order valence-corrected chi connectivity index (χ2v) is 4.62. The number of carbonyl (C=O) groups is 1. The third kappa shape index (κ3) is 4.80. The molecule has 0 bridgehead atoms. The second kappa shape index (κ2) is 7.56. The van der Waals surface area contributed by atoms with Crippen molar-refractivity contribution in [2.24, 2.45) is 0 Å². The molecule has 1 aromatic carbocycles. The SMILES string of the molecule is COCCNC(=O)COc1c(F)cc(Cl)cc1Br. The summed E-state index contributed by atoms with van der Waals surface area (Å²) in [4.78, 5) is 11.3. The number of ether oxygens (including phenoxy) is 2. The Kier molecular flexibility index (Phi) is 6.38. The highest BCUT2D eigenvalue weighted by Crippen LogP contribution is 2.31. The lowest BCUT2D eigenvalue weighted by Crippen LogP contribution is -2.31. The van der Waals surface area contributed by atoms with E-state index in [9.17, 15) is 9.18 Å². The van der Waals surface area contributed by atoms with E-state index in [1.165, 1.54) is 13.2 Å². The molecule has 0 aliphatic heterocycles.